The summed E-state index contributed by atoms with van der Waals surface area (Å²) in [4.78, 5) is 12.4. The molecule has 3 rings (SSSR count). The molecule has 0 aliphatic heterocycles. The third-order valence-electron chi connectivity index (χ3n) is 6.43. The molecule has 2 aliphatic rings. The minimum absolute atomic E-state index is 0.175. The van der Waals surface area contributed by atoms with Crippen LogP contribution in [0.4, 0.5) is 0 Å². The molecule has 0 saturated heterocycles. The number of rotatable bonds is 2. The van der Waals surface area contributed by atoms with E-state index >= 15 is 0 Å². The van der Waals surface area contributed by atoms with Crippen LogP contribution >= 0.6 is 0 Å². The lowest BCUT2D eigenvalue weighted by atomic mass is 9.55. The highest BCUT2D eigenvalue weighted by Gasteiger charge is 2.52. The Balaban J connectivity index is 2.02. The number of allylic oxidation sites excluding steroid dienone is 1. The van der Waals surface area contributed by atoms with Crippen molar-refractivity contribution in [3.05, 3.63) is 34.8 Å². The second-order valence-electron chi connectivity index (χ2n) is 7.68. The number of furan rings is 1. The number of aryl methyl sites for hydroxylation is 1. The van der Waals surface area contributed by atoms with Gasteiger partial charge in [-0.2, -0.15) is 0 Å². The largest absolute Gasteiger partial charge is 0.465 e. The Kier molecular flexibility index (Phi) is 4.16. The molecule has 0 spiro atoms. The minimum atomic E-state index is -0.248. The molecular formula is C20H28O3. The average Bonchev–Trinajstić information content (AvgIpc) is 2.88. The van der Waals surface area contributed by atoms with Crippen LogP contribution in [0.5, 0.6) is 0 Å². The first-order valence-electron chi connectivity index (χ1n) is 8.79. The van der Waals surface area contributed by atoms with Gasteiger partial charge >= 0.3 is 5.97 Å². The molecule has 1 aromatic heterocycles. The van der Waals surface area contributed by atoms with Gasteiger partial charge in [0.25, 0.3) is 0 Å². The zero-order valence-electron chi connectivity index (χ0n) is 14.9. The van der Waals surface area contributed by atoms with Gasteiger partial charge in [0.15, 0.2) is 6.10 Å². The third kappa shape index (κ3) is 2.54. The van der Waals surface area contributed by atoms with Crippen LogP contribution in [0.25, 0.3) is 0 Å². The zero-order valence-corrected chi connectivity index (χ0v) is 14.9. The van der Waals surface area contributed by atoms with E-state index in [1.54, 1.807) is 0 Å². The van der Waals surface area contributed by atoms with Crippen molar-refractivity contribution in [1.82, 2.24) is 0 Å². The van der Waals surface area contributed by atoms with Crippen LogP contribution in [0.15, 0.2) is 22.3 Å². The smallest absolute Gasteiger partial charge is 0.334 e. The molecule has 0 amide bonds. The van der Waals surface area contributed by atoms with Gasteiger partial charge < -0.3 is 9.15 Å². The standard InChI is InChI=1S/C20H28O3/c1-6-12(2)19(21)23-18-16-9-7-8-14(4)20(16,5)10-15-13(3)11-22-17(15)18/h6,11,14,16,18H,7-10H2,1-5H3/b12-6+/t14-,16-,18-,20+/m1/s1. The molecule has 0 radical (unpaired) electrons. The molecule has 1 fully saturated rings. The Hall–Kier alpha value is -1.51. The van der Waals surface area contributed by atoms with E-state index in [4.69, 9.17) is 9.15 Å². The van der Waals surface area contributed by atoms with Crippen LogP contribution in [0.3, 0.4) is 0 Å². The molecule has 2 aliphatic carbocycles. The molecule has 126 valence electrons. The Morgan fingerprint density at radius 2 is 2.17 bits per heavy atom. The normalized spacial score (nSPS) is 33.8. The Morgan fingerprint density at radius 3 is 2.87 bits per heavy atom. The summed E-state index contributed by atoms with van der Waals surface area (Å²) in [6, 6.07) is 0. The number of ether oxygens (including phenoxy) is 1. The summed E-state index contributed by atoms with van der Waals surface area (Å²) in [7, 11) is 0. The van der Waals surface area contributed by atoms with Crippen molar-refractivity contribution in [2.75, 3.05) is 0 Å². The number of esters is 1. The van der Waals surface area contributed by atoms with E-state index in [0.717, 1.165) is 18.6 Å². The SMILES string of the molecule is C/C=C(\C)C(=O)O[C@H]1c2occ(C)c2C[C@@]2(C)[C@H](C)CCC[C@H]12. The van der Waals surface area contributed by atoms with E-state index in [0.29, 0.717) is 17.4 Å². The molecule has 3 nitrogen and oxygen atoms in total. The summed E-state index contributed by atoms with van der Waals surface area (Å²) in [5.74, 6) is 1.64. The molecule has 1 heterocycles. The van der Waals surface area contributed by atoms with Gasteiger partial charge in [-0.05, 0) is 50.5 Å². The molecule has 1 aromatic rings. The lowest BCUT2D eigenvalue weighted by Crippen LogP contribution is -2.46. The fourth-order valence-corrected chi connectivity index (χ4v) is 4.45. The van der Waals surface area contributed by atoms with Crippen LogP contribution in [-0.2, 0) is 16.0 Å². The molecule has 4 atom stereocenters. The highest BCUT2D eigenvalue weighted by Crippen LogP contribution is 2.57. The van der Waals surface area contributed by atoms with Crippen molar-refractivity contribution < 1.29 is 13.9 Å². The summed E-state index contributed by atoms with van der Waals surface area (Å²) < 4.78 is 11.8. The summed E-state index contributed by atoms with van der Waals surface area (Å²) >= 11 is 0. The maximum absolute atomic E-state index is 12.4. The topological polar surface area (TPSA) is 39.4 Å². The van der Waals surface area contributed by atoms with E-state index < -0.39 is 0 Å². The van der Waals surface area contributed by atoms with Crippen LogP contribution in [0, 0.1) is 24.2 Å². The molecule has 1 saturated carbocycles. The van der Waals surface area contributed by atoms with Crippen LogP contribution in [0.1, 0.15) is 69.9 Å². The van der Waals surface area contributed by atoms with Gasteiger partial charge in [0.05, 0.1) is 6.26 Å². The molecule has 23 heavy (non-hydrogen) atoms. The highest BCUT2D eigenvalue weighted by molar-refractivity contribution is 5.87. The second kappa shape index (κ2) is 5.85. The van der Waals surface area contributed by atoms with Crippen molar-refractivity contribution in [1.29, 1.82) is 0 Å². The van der Waals surface area contributed by atoms with Gasteiger partial charge in [-0.25, -0.2) is 4.79 Å². The first-order valence-corrected chi connectivity index (χ1v) is 8.79. The summed E-state index contributed by atoms with van der Waals surface area (Å²) in [6.45, 7) is 10.5. The van der Waals surface area contributed by atoms with Gasteiger partial charge in [-0.15, -0.1) is 0 Å². The maximum atomic E-state index is 12.4. The van der Waals surface area contributed by atoms with Crippen LogP contribution < -0.4 is 0 Å². The molecule has 0 N–H and O–H groups in total. The van der Waals surface area contributed by atoms with Crippen LogP contribution in [-0.4, -0.2) is 5.97 Å². The van der Waals surface area contributed by atoms with E-state index in [9.17, 15) is 4.79 Å². The van der Waals surface area contributed by atoms with E-state index in [2.05, 4.69) is 20.8 Å². The summed E-state index contributed by atoms with van der Waals surface area (Å²) in [6.07, 6.45) is 7.98. The predicted octanol–water partition coefficient (Wildman–Crippen LogP) is 5.14. The first kappa shape index (κ1) is 16.4. The number of hydrogen-bond acceptors (Lipinski definition) is 3. The highest BCUT2D eigenvalue weighted by atomic mass is 16.6. The van der Waals surface area contributed by atoms with E-state index in [-0.39, 0.29) is 17.5 Å². The van der Waals surface area contributed by atoms with Crippen LogP contribution in [0.2, 0.25) is 0 Å². The number of carbonyl (C=O) groups is 1. The number of carbonyl (C=O) groups excluding carboxylic acids is 1. The Labute approximate surface area is 139 Å². The Morgan fingerprint density at radius 1 is 1.43 bits per heavy atom. The molecule has 0 unspecified atom stereocenters. The quantitative estimate of drug-likeness (QED) is 0.560. The summed E-state index contributed by atoms with van der Waals surface area (Å²) in [5.41, 5.74) is 3.27. The first-order chi connectivity index (χ1) is 10.9. The van der Waals surface area contributed by atoms with Crippen molar-refractivity contribution in [3.8, 4) is 0 Å². The lowest BCUT2D eigenvalue weighted by Gasteiger charge is -2.51. The van der Waals surface area contributed by atoms with Gasteiger partial charge in [0.1, 0.15) is 5.76 Å². The second-order valence-corrected chi connectivity index (χ2v) is 7.68. The maximum Gasteiger partial charge on any atom is 0.334 e. The fraction of sp³-hybridized carbons (Fsp3) is 0.650. The monoisotopic (exact) mass is 316 g/mol. The molecule has 0 bridgehead atoms. The van der Waals surface area contributed by atoms with E-state index in [1.807, 2.05) is 26.2 Å². The Bertz CT molecular complexity index is 639. The molecular weight excluding hydrogens is 288 g/mol. The number of fused-ring (bicyclic) bond motifs is 2. The summed E-state index contributed by atoms with van der Waals surface area (Å²) in [5, 5.41) is 0. The van der Waals surface area contributed by atoms with Crippen molar-refractivity contribution >= 4 is 5.97 Å². The van der Waals surface area contributed by atoms with Gasteiger partial charge in [0, 0.05) is 17.1 Å². The predicted molar refractivity (Wildman–Crippen MR) is 90.0 cm³/mol. The van der Waals surface area contributed by atoms with Crippen molar-refractivity contribution in [3.63, 3.8) is 0 Å². The fourth-order valence-electron chi connectivity index (χ4n) is 4.45. The number of hydrogen-bond donors (Lipinski definition) is 0. The zero-order chi connectivity index (χ0) is 16.8. The van der Waals surface area contributed by atoms with Gasteiger partial charge in [-0.1, -0.05) is 32.8 Å². The third-order valence-corrected chi connectivity index (χ3v) is 6.43. The van der Waals surface area contributed by atoms with E-state index in [1.165, 1.54) is 24.0 Å². The van der Waals surface area contributed by atoms with Gasteiger partial charge in [-0.3, -0.25) is 0 Å². The van der Waals surface area contributed by atoms with Gasteiger partial charge in [0.2, 0.25) is 0 Å². The molecule has 3 heteroatoms. The minimum Gasteiger partial charge on any atom is -0.465 e. The lowest BCUT2D eigenvalue weighted by molar-refractivity contribution is -0.157. The van der Waals surface area contributed by atoms with Crippen molar-refractivity contribution in [2.24, 2.45) is 17.3 Å². The van der Waals surface area contributed by atoms with Crippen molar-refractivity contribution in [2.45, 2.75) is 66.4 Å². The average molecular weight is 316 g/mol. The molecule has 0 aromatic carbocycles.